The molecule has 0 saturated carbocycles. The first-order valence-electron chi connectivity index (χ1n) is 7.22. The summed E-state index contributed by atoms with van der Waals surface area (Å²) in [5.74, 6) is -3.10. The van der Waals surface area contributed by atoms with Gasteiger partial charge < -0.3 is 9.64 Å². The Labute approximate surface area is 132 Å². The lowest BCUT2D eigenvalue weighted by Gasteiger charge is -2.34. The van der Waals surface area contributed by atoms with Gasteiger partial charge in [-0.1, -0.05) is 29.8 Å². The number of hydrogen-bond donors (Lipinski definition) is 1. The Morgan fingerprint density at radius 2 is 2.18 bits per heavy atom. The first-order chi connectivity index (χ1) is 10.5. The van der Waals surface area contributed by atoms with Crippen molar-refractivity contribution in [3.8, 4) is 0 Å². The van der Waals surface area contributed by atoms with Crippen LogP contribution >= 0.6 is 11.6 Å². The standard InChI is InChI=1S/C15H17ClF2N2O2/c16-11-4-2-1-3-10(11)13-8-20(5-6-22-13)14(21)12-7-15(17,18)9-19-12/h1-4,12-13,19H,5-9H2. The third kappa shape index (κ3) is 3.24. The van der Waals surface area contributed by atoms with Crippen molar-refractivity contribution in [2.24, 2.45) is 0 Å². The maximum atomic E-state index is 13.2. The molecule has 2 saturated heterocycles. The third-order valence-electron chi connectivity index (χ3n) is 4.04. The summed E-state index contributed by atoms with van der Waals surface area (Å²) in [6.07, 6.45) is -0.770. The molecule has 120 valence electrons. The average molecular weight is 331 g/mol. The van der Waals surface area contributed by atoms with Crippen LogP contribution in [0, 0.1) is 0 Å². The molecule has 7 heteroatoms. The molecule has 2 atom stereocenters. The molecule has 0 spiro atoms. The number of carbonyl (C=O) groups excluding carboxylic acids is 1. The Morgan fingerprint density at radius 1 is 1.41 bits per heavy atom. The quantitative estimate of drug-likeness (QED) is 0.904. The van der Waals surface area contributed by atoms with Crippen LogP contribution in [0.4, 0.5) is 8.78 Å². The van der Waals surface area contributed by atoms with Crippen LogP contribution in [0.1, 0.15) is 18.1 Å². The van der Waals surface area contributed by atoms with Gasteiger partial charge >= 0.3 is 0 Å². The minimum Gasteiger partial charge on any atom is -0.370 e. The van der Waals surface area contributed by atoms with Crippen LogP contribution in [0.3, 0.4) is 0 Å². The molecule has 0 aliphatic carbocycles. The number of carbonyl (C=O) groups is 1. The van der Waals surface area contributed by atoms with E-state index in [-0.39, 0.29) is 12.0 Å². The van der Waals surface area contributed by atoms with E-state index in [1.54, 1.807) is 11.0 Å². The Kier molecular flexibility index (Phi) is 4.34. The van der Waals surface area contributed by atoms with Gasteiger partial charge in [-0.3, -0.25) is 10.1 Å². The lowest BCUT2D eigenvalue weighted by molar-refractivity contribution is -0.141. The van der Waals surface area contributed by atoms with Crippen molar-refractivity contribution in [1.29, 1.82) is 0 Å². The van der Waals surface area contributed by atoms with Crippen molar-refractivity contribution in [3.05, 3.63) is 34.9 Å². The smallest absolute Gasteiger partial charge is 0.262 e. The molecule has 2 heterocycles. The average Bonchev–Trinajstić information content (AvgIpc) is 2.87. The van der Waals surface area contributed by atoms with Gasteiger partial charge in [0.25, 0.3) is 5.92 Å². The number of morpholine rings is 1. The first kappa shape index (κ1) is 15.6. The molecule has 2 unspecified atom stereocenters. The zero-order chi connectivity index (χ0) is 15.7. The van der Waals surface area contributed by atoms with Crippen molar-refractivity contribution in [1.82, 2.24) is 10.2 Å². The van der Waals surface area contributed by atoms with E-state index < -0.39 is 24.9 Å². The highest BCUT2D eigenvalue weighted by atomic mass is 35.5. The van der Waals surface area contributed by atoms with Crippen LogP contribution in [0.2, 0.25) is 5.02 Å². The maximum Gasteiger partial charge on any atom is 0.262 e. The highest BCUT2D eigenvalue weighted by molar-refractivity contribution is 6.31. The largest absolute Gasteiger partial charge is 0.370 e. The monoisotopic (exact) mass is 330 g/mol. The van der Waals surface area contributed by atoms with Crippen molar-refractivity contribution in [2.45, 2.75) is 24.5 Å². The summed E-state index contributed by atoms with van der Waals surface area (Å²) in [6, 6.07) is 6.47. The second-order valence-electron chi connectivity index (χ2n) is 5.66. The summed E-state index contributed by atoms with van der Waals surface area (Å²) in [6.45, 7) is 0.655. The minimum atomic E-state index is -2.81. The van der Waals surface area contributed by atoms with E-state index in [1.807, 2.05) is 18.2 Å². The molecule has 3 rings (SSSR count). The van der Waals surface area contributed by atoms with Gasteiger partial charge in [-0.2, -0.15) is 0 Å². The Morgan fingerprint density at radius 3 is 2.86 bits per heavy atom. The summed E-state index contributed by atoms with van der Waals surface area (Å²) in [7, 11) is 0. The lowest BCUT2D eigenvalue weighted by atomic mass is 10.1. The molecule has 2 fully saturated rings. The van der Waals surface area contributed by atoms with E-state index in [0.29, 0.717) is 24.7 Å². The number of benzene rings is 1. The molecule has 1 N–H and O–H groups in total. The van der Waals surface area contributed by atoms with Crippen molar-refractivity contribution >= 4 is 17.5 Å². The number of halogens is 3. The van der Waals surface area contributed by atoms with Crippen LogP contribution in [-0.2, 0) is 9.53 Å². The van der Waals surface area contributed by atoms with Gasteiger partial charge in [0.2, 0.25) is 5.91 Å². The number of amides is 1. The van der Waals surface area contributed by atoms with Gasteiger partial charge in [-0.25, -0.2) is 8.78 Å². The molecule has 2 aliphatic rings. The summed E-state index contributed by atoms with van der Waals surface area (Å²) in [5.41, 5.74) is 0.811. The molecule has 1 aromatic rings. The SMILES string of the molecule is O=C(C1CC(F)(F)CN1)N1CCOC(c2ccccc2Cl)C1. The highest BCUT2D eigenvalue weighted by Gasteiger charge is 2.44. The van der Waals surface area contributed by atoms with Gasteiger partial charge in [-0.15, -0.1) is 0 Å². The topological polar surface area (TPSA) is 41.6 Å². The van der Waals surface area contributed by atoms with Crippen LogP contribution in [-0.4, -0.2) is 49.0 Å². The zero-order valence-corrected chi connectivity index (χ0v) is 12.7. The van der Waals surface area contributed by atoms with E-state index in [4.69, 9.17) is 16.3 Å². The van der Waals surface area contributed by atoms with Crippen molar-refractivity contribution in [3.63, 3.8) is 0 Å². The fourth-order valence-corrected chi connectivity index (χ4v) is 3.14. The van der Waals surface area contributed by atoms with Gasteiger partial charge in [0.15, 0.2) is 0 Å². The third-order valence-corrected chi connectivity index (χ3v) is 4.38. The molecular weight excluding hydrogens is 314 g/mol. The van der Waals surface area contributed by atoms with Crippen LogP contribution in [0.15, 0.2) is 24.3 Å². The summed E-state index contributed by atoms with van der Waals surface area (Å²) < 4.78 is 32.2. The molecule has 2 aliphatic heterocycles. The summed E-state index contributed by atoms with van der Waals surface area (Å²) in [5, 5.41) is 3.18. The fourth-order valence-electron chi connectivity index (χ4n) is 2.88. The second-order valence-corrected chi connectivity index (χ2v) is 6.07. The molecule has 22 heavy (non-hydrogen) atoms. The minimum absolute atomic E-state index is 0.294. The fraction of sp³-hybridized carbons (Fsp3) is 0.533. The predicted octanol–water partition coefficient (Wildman–Crippen LogP) is 2.24. The molecule has 1 amide bonds. The zero-order valence-electron chi connectivity index (χ0n) is 11.9. The van der Waals surface area contributed by atoms with E-state index >= 15 is 0 Å². The molecule has 4 nitrogen and oxygen atoms in total. The maximum absolute atomic E-state index is 13.2. The van der Waals surface area contributed by atoms with Crippen molar-refractivity contribution < 1.29 is 18.3 Å². The Bertz CT molecular complexity index is 570. The van der Waals surface area contributed by atoms with Gasteiger partial charge in [0.05, 0.1) is 25.7 Å². The number of nitrogens with one attached hydrogen (secondary N) is 1. The normalized spacial score (nSPS) is 27.9. The lowest BCUT2D eigenvalue weighted by Crippen LogP contribution is -2.49. The van der Waals surface area contributed by atoms with Gasteiger partial charge in [-0.05, 0) is 6.07 Å². The Hall–Kier alpha value is -1.24. The summed E-state index contributed by atoms with van der Waals surface area (Å²) in [4.78, 5) is 14.0. The number of ether oxygens (including phenoxy) is 1. The number of alkyl halides is 2. The predicted molar refractivity (Wildman–Crippen MR) is 78.1 cm³/mol. The molecule has 0 aromatic heterocycles. The number of hydrogen-bond acceptors (Lipinski definition) is 3. The van der Waals surface area contributed by atoms with E-state index in [0.717, 1.165) is 5.56 Å². The van der Waals surface area contributed by atoms with E-state index in [9.17, 15) is 13.6 Å². The van der Waals surface area contributed by atoms with E-state index in [2.05, 4.69) is 5.32 Å². The van der Waals surface area contributed by atoms with Gasteiger partial charge in [0.1, 0.15) is 6.10 Å². The second kappa shape index (κ2) is 6.10. The first-order valence-corrected chi connectivity index (χ1v) is 7.60. The number of nitrogens with zero attached hydrogens (tertiary/aromatic N) is 1. The van der Waals surface area contributed by atoms with Crippen LogP contribution < -0.4 is 5.32 Å². The summed E-state index contributed by atoms with van der Waals surface area (Å²) >= 11 is 6.15. The molecular formula is C15H17ClF2N2O2. The number of rotatable bonds is 2. The molecule has 1 aromatic carbocycles. The highest BCUT2D eigenvalue weighted by Crippen LogP contribution is 2.30. The van der Waals surface area contributed by atoms with Gasteiger partial charge in [0, 0.05) is 23.6 Å². The molecule has 0 bridgehead atoms. The van der Waals surface area contributed by atoms with E-state index in [1.165, 1.54) is 0 Å². The van der Waals surface area contributed by atoms with Crippen LogP contribution in [0.5, 0.6) is 0 Å². The molecule has 0 radical (unpaired) electrons. The van der Waals surface area contributed by atoms with Crippen molar-refractivity contribution in [2.75, 3.05) is 26.2 Å². The Balaban J connectivity index is 1.68. The van der Waals surface area contributed by atoms with Crippen LogP contribution in [0.25, 0.3) is 0 Å².